The highest BCUT2D eigenvalue weighted by molar-refractivity contribution is 5.38. The highest BCUT2D eigenvalue weighted by atomic mass is 16.5. The fourth-order valence-corrected chi connectivity index (χ4v) is 3.01. The smallest absolute Gasteiger partial charge is 0.124 e. The van der Waals surface area contributed by atoms with Gasteiger partial charge in [0.1, 0.15) is 5.75 Å². The molecule has 0 saturated heterocycles. The molecule has 1 atom stereocenters. The van der Waals surface area contributed by atoms with Crippen LogP contribution in [0.3, 0.4) is 0 Å². The minimum Gasteiger partial charge on any atom is -0.496 e. The van der Waals surface area contributed by atoms with Crippen LogP contribution < -0.4 is 10.1 Å². The first-order valence-corrected chi connectivity index (χ1v) is 7.69. The van der Waals surface area contributed by atoms with Gasteiger partial charge in [-0.05, 0) is 37.5 Å². The topological polar surface area (TPSA) is 50.7 Å². The molecule has 0 heterocycles. The van der Waals surface area contributed by atoms with Gasteiger partial charge in [0.05, 0.1) is 19.3 Å². The van der Waals surface area contributed by atoms with Crippen molar-refractivity contribution in [3.8, 4) is 5.75 Å². The van der Waals surface area contributed by atoms with E-state index in [0.29, 0.717) is 13.2 Å². The predicted octanol–water partition coefficient (Wildman–Crippen LogP) is 2.80. The van der Waals surface area contributed by atoms with E-state index in [9.17, 15) is 5.11 Å². The number of rotatable bonds is 7. The van der Waals surface area contributed by atoms with Crippen molar-refractivity contribution in [2.75, 3.05) is 20.8 Å². The second kappa shape index (κ2) is 7.25. The lowest BCUT2D eigenvalue weighted by Gasteiger charge is -2.25. The summed E-state index contributed by atoms with van der Waals surface area (Å²) in [5, 5.41) is 13.9. The zero-order valence-electron chi connectivity index (χ0n) is 13.3. The van der Waals surface area contributed by atoms with Crippen LogP contribution >= 0.6 is 0 Å². The van der Waals surface area contributed by atoms with Crippen LogP contribution in [0.15, 0.2) is 18.2 Å². The zero-order chi connectivity index (χ0) is 15.3. The summed E-state index contributed by atoms with van der Waals surface area (Å²) in [7, 11) is 3.36. The Hall–Kier alpha value is -1.10. The molecule has 0 aliphatic heterocycles. The molecule has 118 valence electrons. The van der Waals surface area contributed by atoms with Crippen LogP contribution in [0.25, 0.3) is 0 Å². The van der Waals surface area contributed by atoms with Gasteiger partial charge < -0.3 is 19.9 Å². The van der Waals surface area contributed by atoms with Gasteiger partial charge in [0, 0.05) is 25.3 Å². The van der Waals surface area contributed by atoms with Crippen LogP contribution in [0, 0.1) is 0 Å². The number of benzene rings is 1. The first kappa shape index (κ1) is 16.3. The lowest BCUT2D eigenvalue weighted by molar-refractivity contribution is 0.0453. The SMILES string of the molecule is COCc1cc(C(C)NCC2(O)CCCC2)ccc1OC. The van der Waals surface area contributed by atoms with Gasteiger partial charge in [-0.1, -0.05) is 18.9 Å². The van der Waals surface area contributed by atoms with Crippen molar-refractivity contribution in [1.82, 2.24) is 5.32 Å². The van der Waals surface area contributed by atoms with Crippen molar-refractivity contribution in [3.63, 3.8) is 0 Å². The van der Waals surface area contributed by atoms with Crippen molar-refractivity contribution >= 4 is 0 Å². The second-order valence-corrected chi connectivity index (χ2v) is 6.04. The van der Waals surface area contributed by atoms with Crippen LogP contribution in [0.4, 0.5) is 0 Å². The Bertz CT molecular complexity index is 455. The van der Waals surface area contributed by atoms with Gasteiger partial charge in [-0.15, -0.1) is 0 Å². The van der Waals surface area contributed by atoms with Crippen LogP contribution in [-0.2, 0) is 11.3 Å². The average Bonchev–Trinajstić information content (AvgIpc) is 2.92. The van der Waals surface area contributed by atoms with Gasteiger partial charge in [0.2, 0.25) is 0 Å². The number of ether oxygens (including phenoxy) is 2. The fraction of sp³-hybridized carbons (Fsp3) is 0.647. The quantitative estimate of drug-likeness (QED) is 0.811. The molecule has 0 bridgehead atoms. The van der Waals surface area contributed by atoms with Gasteiger partial charge in [-0.25, -0.2) is 0 Å². The molecule has 2 N–H and O–H groups in total. The van der Waals surface area contributed by atoms with E-state index in [1.54, 1.807) is 14.2 Å². The van der Waals surface area contributed by atoms with Gasteiger partial charge in [-0.2, -0.15) is 0 Å². The molecule has 1 aromatic carbocycles. The summed E-state index contributed by atoms with van der Waals surface area (Å²) in [4.78, 5) is 0. The minimum absolute atomic E-state index is 0.191. The number of nitrogens with one attached hydrogen (secondary N) is 1. The third-order valence-electron chi connectivity index (χ3n) is 4.38. The Labute approximate surface area is 127 Å². The number of aliphatic hydroxyl groups is 1. The number of methoxy groups -OCH3 is 2. The summed E-state index contributed by atoms with van der Waals surface area (Å²) >= 11 is 0. The zero-order valence-corrected chi connectivity index (χ0v) is 13.3. The minimum atomic E-state index is -0.518. The van der Waals surface area contributed by atoms with E-state index in [2.05, 4.69) is 24.4 Å². The van der Waals surface area contributed by atoms with Gasteiger partial charge >= 0.3 is 0 Å². The third-order valence-corrected chi connectivity index (χ3v) is 4.38. The molecule has 0 amide bonds. The van der Waals surface area contributed by atoms with Crippen LogP contribution in [-0.4, -0.2) is 31.5 Å². The van der Waals surface area contributed by atoms with Crippen molar-refractivity contribution in [2.24, 2.45) is 0 Å². The average molecular weight is 293 g/mol. The maximum atomic E-state index is 10.4. The standard InChI is InChI=1S/C17H27NO3/c1-13(18-12-17(19)8-4-5-9-17)14-6-7-16(21-3)15(10-14)11-20-2/h6-7,10,13,18-19H,4-5,8-9,11-12H2,1-3H3. The lowest BCUT2D eigenvalue weighted by atomic mass is 10.0. The normalized spacial score (nSPS) is 18.7. The van der Waals surface area contributed by atoms with Crippen LogP contribution in [0.5, 0.6) is 5.75 Å². The van der Waals surface area contributed by atoms with Crippen LogP contribution in [0.2, 0.25) is 0 Å². The Kier molecular flexibility index (Phi) is 5.62. The number of hydrogen-bond acceptors (Lipinski definition) is 4. The monoisotopic (exact) mass is 293 g/mol. The molecule has 1 aromatic rings. The van der Waals surface area contributed by atoms with Crippen molar-refractivity contribution in [3.05, 3.63) is 29.3 Å². The van der Waals surface area contributed by atoms with E-state index in [-0.39, 0.29) is 6.04 Å². The molecule has 4 heteroatoms. The Morgan fingerprint density at radius 1 is 1.29 bits per heavy atom. The first-order valence-electron chi connectivity index (χ1n) is 7.69. The van der Waals surface area contributed by atoms with E-state index in [1.165, 1.54) is 5.56 Å². The molecule has 1 saturated carbocycles. The highest BCUT2D eigenvalue weighted by Gasteiger charge is 2.31. The molecule has 1 fully saturated rings. The van der Waals surface area contributed by atoms with E-state index >= 15 is 0 Å². The maximum absolute atomic E-state index is 10.4. The van der Waals surface area contributed by atoms with Crippen molar-refractivity contribution in [1.29, 1.82) is 0 Å². The molecule has 21 heavy (non-hydrogen) atoms. The number of hydrogen-bond donors (Lipinski definition) is 2. The summed E-state index contributed by atoms with van der Waals surface area (Å²) in [6, 6.07) is 6.34. The molecule has 2 rings (SSSR count). The highest BCUT2D eigenvalue weighted by Crippen LogP contribution is 2.30. The first-order chi connectivity index (χ1) is 10.1. The summed E-state index contributed by atoms with van der Waals surface area (Å²) in [6.07, 6.45) is 4.08. The molecule has 1 aliphatic rings. The van der Waals surface area contributed by atoms with E-state index < -0.39 is 5.60 Å². The third kappa shape index (κ3) is 4.19. The predicted molar refractivity (Wildman–Crippen MR) is 83.5 cm³/mol. The van der Waals surface area contributed by atoms with E-state index in [4.69, 9.17) is 9.47 Å². The summed E-state index contributed by atoms with van der Waals surface area (Å²) in [5.41, 5.74) is 1.71. The molecule has 1 aliphatic carbocycles. The lowest BCUT2D eigenvalue weighted by Crippen LogP contribution is -2.39. The molecule has 1 unspecified atom stereocenters. The molecular weight excluding hydrogens is 266 g/mol. The van der Waals surface area contributed by atoms with E-state index in [1.807, 2.05) is 6.07 Å². The van der Waals surface area contributed by atoms with Gasteiger partial charge in [0.25, 0.3) is 0 Å². The van der Waals surface area contributed by atoms with Crippen molar-refractivity contribution in [2.45, 2.75) is 50.9 Å². The van der Waals surface area contributed by atoms with Crippen molar-refractivity contribution < 1.29 is 14.6 Å². The van der Waals surface area contributed by atoms with Gasteiger partial charge in [-0.3, -0.25) is 0 Å². The largest absolute Gasteiger partial charge is 0.496 e. The molecule has 0 aromatic heterocycles. The molecule has 0 spiro atoms. The fourth-order valence-electron chi connectivity index (χ4n) is 3.01. The van der Waals surface area contributed by atoms with Crippen LogP contribution in [0.1, 0.15) is 49.8 Å². The Morgan fingerprint density at radius 2 is 2.00 bits per heavy atom. The maximum Gasteiger partial charge on any atom is 0.124 e. The molecule has 0 radical (unpaired) electrons. The molecular formula is C17H27NO3. The Balaban J connectivity index is 2.01. The Morgan fingerprint density at radius 3 is 2.62 bits per heavy atom. The summed E-state index contributed by atoms with van der Waals surface area (Å²) in [6.45, 7) is 3.31. The molecule has 4 nitrogen and oxygen atoms in total. The summed E-state index contributed by atoms with van der Waals surface area (Å²) < 4.78 is 10.6. The van der Waals surface area contributed by atoms with E-state index in [0.717, 1.165) is 37.0 Å². The van der Waals surface area contributed by atoms with Gasteiger partial charge in [0.15, 0.2) is 0 Å². The summed E-state index contributed by atoms with van der Waals surface area (Å²) in [5.74, 6) is 0.849. The second-order valence-electron chi connectivity index (χ2n) is 6.04.